The first-order chi connectivity index (χ1) is 9.29. The molecule has 0 aliphatic rings. The molecule has 0 radical (unpaired) electrons. The molecule has 0 spiro atoms. The van der Waals surface area contributed by atoms with Gasteiger partial charge in [0.25, 0.3) is 0 Å². The molecule has 96 valence electrons. The zero-order chi connectivity index (χ0) is 13.2. The molecule has 0 amide bonds. The SMILES string of the molecule is NNC(c1ccc2ccccc2c1)c1cn[nH]c1N. The number of hydrazine groups is 1. The van der Waals surface area contributed by atoms with E-state index in [4.69, 9.17) is 11.6 Å². The van der Waals surface area contributed by atoms with Gasteiger partial charge < -0.3 is 5.73 Å². The summed E-state index contributed by atoms with van der Waals surface area (Å²) in [5.41, 5.74) is 10.5. The first-order valence-corrected chi connectivity index (χ1v) is 6.03. The average Bonchev–Trinajstić information content (AvgIpc) is 2.86. The molecular weight excluding hydrogens is 238 g/mol. The number of aromatic nitrogens is 2. The van der Waals surface area contributed by atoms with E-state index >= 15 is 0 Å². The number of fused-ring (bicyclic) bond motifs is 1. The van der Waals surface area contributed by atoms with Crippen LogP contribution in [0.15, 0.2) is 48.7 Å². The Kier molecular flexibility index (Phi) is 2.91. The Morgan fingerprint density at radius 1 is 1.11 bits per heavy atom. The number of hydrogen-bond donors (Lipinski definition) is 4. The summed E-state index contributed by atoms with van der Waals surface area (Å²) in [7, 11) is 0. The Bertz CT molecular complexity index is 704. The molecule has 5 heteroatoms. The molecule has 0 bridgehead atoms. The Morgan fingerprint density at radius 2 is 1.89 bits per heavy atom. The minimum atomic E-state index is -0.177. The fourth-order valence-electron chi connectivity index (χ4n) is 2.29. The van der Waals surface area contributed by atoms with Gasteiger partial charge in [0.15, 0.2) is 0 Å². The van der Waals surface area contributed by atoms with Crippen LogP contribution >= 0.6 is 0 Å². The van der Waals surface area contributed by atoms with Gasteiger partial charge in [0.2, 0.25) is 0 Å². The van der Waals surface area contributed by atoms with Gasteiger partial charge in [-0.25, -0.2) is 5.43 Å². The first-order valence-electron chi connectivity index (χ1n) is 6.03. The van der Waals surface area contributed by atoms with E-state index < -0.39 is 0 Å². The molecular formula is C14H15N5. The van der Waals surface area contributed by atoms with Crippen molar-refractivity contribution in [3.05, 3.63) is 59.8 Å². The summed E-state index contributed by atoms with van der Waals surface area (Å²) >= 11 is 0. The van der Waals surface area contributed by atoms with E-state index in [1.165, 1.54) is 10.8 Å². The molecule has 0 saturated carbocycles. The van der Waals surface area contributed by atoms with Crippen LogP contribution in [0.1, 0.15) is 17.2 Å². The molecule has 0 aliphatic heterocycles. The van der Waals surface area contributed by atoms with Crippen LogP contribution < -0.4 is 17.0 Å². The van der Waals surface area contributed by atoms with Crippen LogP contribution in [0.5, 0.6) is 0 Å². The molecule has 2 aromatic carbocycles. The number of hydrogen-bond acceptors (Lipinski definition) is 4. The lowest BCUT2D eigenvalue weighted by Gasteiger charge is -2.16. The first kappa shape index (κ1) is 11.7. The van der Waals surface area contributed by atoms with Crippen molar-refractivity contribution in [1.29, 1.82) is 0 Å². The number of nitrogens with one attached hydrogen (secondary N) is 2. The molecule has 3 rings (SSSR count). The minimum absolute atomic E-state index is 0.177. The Balaban J connectivity index is 2.09. The quantitative estimate of drug-likeness (QED) is 0.422. The molecule has 0 aliphatic carbocycles. The maximum atomic E-state index is 5.85. The summed E-state index contributed by atoms with van der Waals surface area (Å²) in [6.45, 7) is 0. The number of nitrogen functional groups attached to an aromatic ring is 1. The lowest BCUT2D eigenvalue weighted by molar-refractivity contribution is 0.639. The predicted molar refractivity (Wildman–Crippen MR) is 76.1 cm³/mol. The largest absolute Gasteiger partial charge is 0.384 e. The fourth-order valence-corrected chi connectivity index (χ4v) is 2.29. The summed E-state index contributed by atoms with van der Waals surface area (Å²) < 4.78 is 0. The van der Waals surface area contributed by atoms with E-state index in [1.807, 2.05) is 18.2 Å². The Morgan fingerprint density at radius 3 is 2.58 bits per heavy atom. The smallest absolute Gasteiger partial charge is 0.124 e. The normalized spacial score (nSPS) is 12.7. The van der Waals surface area contributed by atoms with E-state index in [0.717, 1.165) is 11.1 Å². The zero-order valence-corrected chi connectivity index (χ0v) is 10.3. The number of aromatic amines is 1. The second kappa shape index (κ2) is 4.72. The van der Waals surface area contributed by atoms with E-state index in [1.54, 1.807) is 6.20 Å². The van der Waals surface area contributed by atoms with E-state index in [0.29, 0.717) is 5.82 Å². The minimum Gasteiger partial charge on any atom is -0.384 e. The number of benzene rings is 2. The van der Waals surface area contributed by atoms with Gasteiger partial charge in [-0.05, 0) is 22.4 Å². The van der Waals surface area contributed by atoms with Gasteiger partial charge in [-0.15, -0.1) is 0 Å². The predicted octanol–water partition coefficient (Wildman–Crippen LogP) is 1.70. The van der Waals surface area contributed by atoms with E-state index in [-0.39, 0.29) is 6.04 Å². The Hall–Kier alpha value is -2.37. The van der Waals surface area contributed by atoms with Gasteiger partial charge in [-0.2, -0.15) is 5.10 Å². The third-order valence-corrected chi connectivity index (χ3v) is 3.28. The van der Waals surface area contributed by atoms with Crippen LogP contribution in [0.25, 0.3) is 10.8 Å². The van der Waals surface area contributed by atoms with Crippen molar-refractivity contribution in [3.8, 4) is 0 Å². The number of nitrogens with two attached hydrogens (primary N) is 2. The lowest BCUT2D eigenvalue weighted by atomic mass is 9.98. The summed E-state index contributed by atoms with van der Waals surface area (Å²) in [6.07, 6.45) is 1.69. The van der Waals surface area contributed by atoms with Crippen LogP contribution in [0.3, 0.4) is 0 Å². The van der Waals surface area contributed by atoms with Gasteiger partial charge in [-0.3, -0.25) is 10.9 Å². The average molecular weight is 253 g/mol. The number of H-pyrrole nitrogens is 1. The zero-order valence-electron chi connectivity index (χ0n) is 10.3. The van der Waals surface area contributed by atoms with E-state index in [2.05, 4.69) is 39.9 Å². The maximum absolute atomic E-state index is 5.85. The summed E-state index contributed by atoms with van der Waals surface area (Å²) in [5, 5.41) is 9.02. The summed E-state index contributed by atoms with van der Waals surface area (Å²) in [5.74, 6) is 6.19. The highest BCUT2D eigenvalue weighted by Crippen LogP contribution is 2.27. The topological polar surface area (TPSA) is 92.7 Å². The molecule has 1 heterocycles. The van der Waals surface area contributed by atoms with Crippen molar-refractivity contribution < 1.29 is 0 Å². The molecule has 1 aromatic heterocycles. The van der Waals surface area contributed by atoms with Crippen LogP contribution in [-0.2, 0) is 0 Å². The molecule has 1 unspecified atom stereocenters. The van der Waals surface area contributed by atoms with Crippen molar-refractivity contribution in [2.24, 2.45) is 5.84 Å². The molecule has 1 atom stereocenters. The highest BCUT2D eigenvalue weighted by molar-refractivity contribution is 5.83. The van der Waals surface area contributed by atoms with Crippen molar-refractivity contribution in [3.63, 3.8) is 0 Å². The third kappa shape index (κ3) is 2.05. The molecule has 0 saturated heterocycles. The van der Waals surface area contributed by atoms with E-state index in [9.17, 15) is 0 Å². The van der Waals surface area contributed by atoms with Crippen LogP contribution in [0.4, 0.5) is 5.82 Å². The maximum Gasteiger partial charge on any atom is 0.124 e. The molecule has 5 nitrogen and oxygen atoms in total. The van der Waals surface area contributed by atoms with Crippen molar-refractivity contribution in [1.82, 2.24) is 15.6 Å². The van der Waals surface area contributed by atoms with Gasteiger partial charge in [0.05, 0.1) is 12.2 Å². The van der Waals surface area contributed by atoms with Gasteiger partial charge in [0.1, 0.15) is 5.82 Å². The number of nitrogens with zero attached hydrogens (tertiary/aromatic N) is 1. The molecule has 3 aromatic rings. The molecule has 6 N–H and O–H groups in total. The van der Waals surface area contributed by atoms with Gasteiger partial charge in [-0.1, -0.05) is 36.4 Å². The van der Waals surface area contributed by atoms with Crippen LogP contribution in [0, 0.1) is 0 Å². The fraction of sp³-hybridized carbons (Fsp3) is 0.0714. The monoisotopic (exact) mass is 253 g/mol. The molecule has 19 heavy (non-hydrogen) atoms. The van der Waals surface area contributed by atoms with Gasteiger partial charge in [0, 0.05) is 5.56 Å². The number of rotatable bonds is 3. The lowest BCUT2D eigenvalue weighted by Crippen LogP contribution is -2.29. The standard InChI is InChI=1S/C14H15N5/c15-14-12(8-17-19-14)13(18-16)11-6-5-9-3-1-2-4-10(9)7-11/h1-8,13,18H,16H2,(H3,15,17,19). The summed E-state index contributed by atoms with van der Waals surface area (Å²) in [4.78, 5) is 0. The second-order valence-electron chi connectivity index (χ2n) is 4.45. The third-order valence-electron chi connectivity index (χ3n) is 3.28. The second-order valence-corrected chi connectivity index (χ2v) is 4.45. The Labute approximate surface area is 110 Å². The van der Waals surface area contributed by atoms with Crippen molar-refractivity contribution >= 4 is 16.6 Å². The highest BCUT2D eigenvalue weighted by atomic mass is 15.2. The highest BCUT2D eigenvalue weighted by Gasteiger charge is 2.16. The number of anilines is 1. The summed E-state index contributed by atoms with van der Waals surface area (Å²) in [6, 6.07) is 14.2. The molecule has 0 fully saturated rings. The van der Waals surface area contributed by atoms with Crippen LogP contribution in [0.2, 0.25) is 0 Å². The van der Waals surface area contributed by atoms with Crippen molar-refractivity contribution in [2.75, 3.05) is 5.73 Å². The van der Waals surface area contributed by atoms with Crippen LogP contribution in [-0.4, -0.2) is 10.2 Å². The van der Waals surface area contributed by atoms with Crippen molar-refractivity contribution in [2.45, 2.75) is 6.04 Å². The van der Waals surface area contributed by atoms with Gasteiger partial charge >= 0.3 is 0 Å².